The van der Waals surface area contributed by atoms with E-state index in [9.17, 15) is 13.2 Å². The molecule has 0 atom stereocenters. The van der Waals surface area contributed by atoms with Crippen molar-refractivity contribution in [3.05, 3.63) is 57.3 Å². The Balaban J connectivity index is 1.85. The molecular formula is C15H11BrF3NO. The zero-order chi connectivity index (χ0) is 15.0. The fourth-order valence-corrected chi connectivity index (χ4v) is 2.88. The molecule has 0 fully saturated rings. The van der Waals surface area contributed by atoms with Crippen LogP contribution in [0.2, 0.25) is 0 Å². The lowest BCUT2D eigenvalue weighted by Crippen LogP contribution is -2.05. The summed E-state index contributed by atoms with van der Waals surface area (Å²) in [6.45, 7) is 0.863. The van der Waals surface area contributed by atoms with Gasteiger partial charge in [-0.05, 0) is 29.8 Å². The van der Waals surface area contributed by atoms with E-state index in [2.05, 4.69) is 21.2 Å². The number of halogens is 4. The Labute approximate surface area is 128 Å². The topological polar surface area (TPSA) is 21.3 Å². The van der Waals surface area contributed by atoms with E-state index in [4.69, 9.17) is 4.74 Å². The second kappa shape index (κ2) is 5.60. The minimum absolute atomic E-state index is 0.0828. The van der Waals surface area contributed by atoms with Gasteiger partial charge in [0.25, 0.3) is 0 Å². The van der Waals surface area contributed by atoms with E-state index in [0.29, 0.717) is 6.61 Å². The van der Waals surface area contributed by atoms with Gasteiger partial charge in [-0.3, -0.25) is 0 Å². The maximum atomic E-state index is 13.6. The summed E-state index contributed by atoms with van der Waals surface area (Å²) in [4.78, 5) is 0. The maximum absolute atomic E-state index is 13.6. The summed E-state index contributed by atoms with van der Waals surface area (Å²) in [6.07, 6.45) is 0.821. The number of rotatable bonds is 3. The minimum Gasteiger partial charge on any atom is -0.493 e. The smallest absolute Gasteiger partial charge is 0.196 e. The Morgan fingerprint density at radius 1 is 1.14 bits per heavy atom. The first-order valence-electron chi connectivity index (χ1n) is 6.37. The highest BCUT2D eigenvalue weighted by Crippen LogP contribution is 2.33. The van der Waals surface area contributed by atoms with Crippen LogP contribution in [0.3, 0.4) is 0 Å². The molecule has 2 aromatic rings. The molecule has 21 heavy (non-hydrogen) atoms. The monoisotopic (exact) mass is 357 g/mol. The zero-order valence-corrected chi connectivity index (χ0v) is 12.4. The number of nitrogens with one attached hydrogen (secondary N) is 1. The fourth-order valence-electron chi connectivity index (χ4n) is 2.33. The van der Waals surface area contributed by atoms with E-state index >= 15 is 0 Å². The van der Waals surface area contributed by atoms with Crippen LogP contribution < -0.4 is 10.1 Å². The zero-order valence-electron chi connectivity index (χ0n) is 10.9. The summed E-state index contributed by atoms with van der Waals surface area (Å²) in [5, 5.41) is 2.77. The Hall–Kier alpha value is -1.69. The molecule has 110 valence electrons. The quantitative estimate of drug-likeness (QED) is 0.821. The van der Waals surface area contributed by atoms with Gasteiger partial charge in [-0.1, -0.05) is 15.9 Å². The maximum Gasteiger partial charge on any atom is 0.196 e. The van der Waals surface area contributed by atoms with Crippen molar-refractivity contribution in [2.45, 2.75) is 13.0 Å². The Kier molecular flexibility index (Phi) is 3.80. The van der Waals surface area contributed by atoms with Gasteiger partial charge in [-0.15, -0.1) is 0 Å². The van der Waals surface area contributed by atoms with Crippen LogP contribution in [0.5, 0.6) is 5.75 Å². The molecule has 6 heteroatoms. The number of ether oxygens (including phenoxy) is 1. The average Bonchev–Trinajstić information content (AvgIpc) is 2.92. The Morgan fingerprint density at radius 3 is 2.76 bits per heavy atom. The summed E-state index contributed by atoms with van der Waals surface area (Å²) in [5.41, 5.74) is 1.83. The van der Waals surface area contributed by atoms with Crippen molar-refractivity contribution < 1.29 is 17.9 Å². The molecule has 0 aliphatic carbocycles. The van der Waals surface area contributed by atoms with Gasteiger partial charge >= 0.3 is 0 Å². The first kappa shape index (κ1) is 14.3. The van der Waals surface area contributed by atoms with Crippen LogP contribution in [-0.2, 0) is 13.0 Å². The fraction of sp³-hybridized carbons (Fsp3) is 0.200. The van der Waals surface area contributed by atoms with Crippen LogP contribution >= 0.6 is 15.9 Å². The lowest BCUT2D eigenvalue weighted by Gasteiger charge is -2.12. The molecular weight excluding hydrogens is 347 g/mol. The van der Waals surface area contributed by atoms with E-state index in [-0.39, 0.29) is 12.2 Å². The van der Waals surface area contributed by atoms with E-state index < -0.39 is 17.5 Å². The van der Waals surface area contributed by atoms with Gasteiger partial charge in [0.1, 0.15) is 5.75 Å². The summed E-state index contributed by atoms with van der Waals surface area (Å²) in [7, 11) is 0. The van der Waals surface area contributed by atoms with Crippen LogP contribution in [-0.4, -0.2) is 6.61 Å². The van der Waals surface area contributed by atoms with Crippen molar-refractivity contribution >= 4 is 21.6 Å². The van der Waals surface area contributed by atoms with Crippen LogP contribution in [0.4, 0.5) is 18.9 Å². The van der Waals surface area contributed by atoms with Gasteiger partial charge in [0, 0.05) is 23.0 Å². The van der Waals surface area contributed by atoms with E-state index in [1.54, 1.807) is 0 Å². The van der Waals surface area contributed by atoms with E-state index in [1.165, 1.54) is 6.07 Å². The first-order valence-corrected chi connectivity index (χ1v) is 7.17. The third-order valence-electron chi connectivity index (χ3n) is 3.33. The molecule has 1 heterocycles. The van der Waals surface area contributed by atoms with E-state index in [1.807, 2.05) is 12.1 Å². The minimum atomic E-state index is -1.48. The number of hydrogen-bond donors (Lipinski definition) is 1. The summed E-state index contributed by atoms with van der Waals surface area (Å²) >= 11 is 3.41. The molecule has 0 radical (unpaired) electrons. The molecule has 1 aliphatic rings. The van der Waals surface area contributed by atoms with Crippen LogP contribution in [0.15, 0.2) is 28.7 Å². The summed E-state index contributed by atoms with van der Waals surface area (Å²) in [6, 6.07) is 5.90. The number of benzene rings is 2. The number of fused-ring (bicyclic) bond motifs is 1. The molecule has 1 aliphatic heterocycles. The molecule has 0 spiro atoms. The van der Waals surface area contributed by atoms with Crippen molar-refractivity contribution in [3.8, 4) is 5.75 Å². The SMILES string of the molecule is Fc1ccc(NCc2cc(Br)cc3c2OCC3)c(F)c1F. The van der Waals surface area contributed by atoms with Gasteiger partial charge in [0.05, 0.1) is 12.3 Å². The predicted octanol–water partition coefficient (Wildman–Crippen LogP) is 4.41. The molecule has 0 saturated carbocycles. The second-order valence-corrected chi connectivity index (χ2v) is 5.64. The second-order valence-electron chi connectivity index (χ2n) is 4.73. The highest BCUT2D eigenvalue weighted by atomic mass is 79.9. The lowest BCUT2D eigenvalue weighted by atomic mass is 10.1. The van der Waals surface area contributed by atoms with Gasteiger partial charge in [0.15, 0.2) is 17.5 Å². The van der Waals surface area contributed by atoms with E-state index in [0.717, 1.165) is 33.8 Å². The molecule has 0 amide bonds. The Morgan fingerprint density at radius 2 is 1.95 bits per heavy atom. The number of hydrogen-bond acceptors (Lipinski definition) is 2. The normalized spacial score (nSPS) is 13.0. The largest absolute Gasteiger partial charge is 0.493 e. The highest BCUT2D eigenvalue weighted by molar-refractivity contribution is 9.10. The first-order chi connectivity index (χ1) is 10.1. The van der Waals surface area contributed by atoms with Crippen LogP contribution in [0, 0.1) is 17.5 Å². The van der Waals surface area contributed by atoms with Gasteiger partial charge < -0.3 is 10.1 Å². The van der Waals surface area contributed by atoms with Crippen molar-refractivity contribution in [3.63, 3.8) is 0 Å². The molecule has 1 N–H and O–H groups in total. The molecule has 3 rings (SSSR count). The lowest BCUT2D eigenvalue weighted by molar-refractivity contribution is 0.354. The highest BCUT2D eigenvalue weighted by Gasteiger charge is 2.18. The number of anilines is 1. The van der Waals surface area contributed by atoms with Gasteiger partial charge in [-0.2, -0.15) is 0 Å². The van der Waals surface area contributed by atoms with Gasteiger partial charge in [-0.25, -0.2) is 13.2 Å². The van der Waals surface area contributed by atoms with Crippen molar-refractivity contribution in [2.75, 3.05) is 11.9 Å². The third kappa shape index (κ3) is 2.72. The molecule has 0 saturated heterocycles. The van der Waals surface area contributed by atoms with Crippen LogP contribution in [0.25, 0.3) is 0 Å². The average molecular weight is 358 g/mol. The van der Waals surface area contributed by atoms with Crippen molar-refractivity contribution in [1.82, 2.24) is 0 Å². The summed E-state index contributed by atoms with van der Waals surface area (Å²) in [5.74, 6) is -3.13. The van der Waals surface area contributed by atoms with Crippen molar-refractivity contribution in [2.24, 2.45) is 0 Å². The standard InChI is InChI=1S/C15H11BrF3NO/c16-10-5-8-3-4-21-15(8)9(6-10)7-20-12-2-1-11(17)13(18)14(12)19/h1-2,5-6,20H,3-4,7H2. The molecule has 2 nitrogen and oxygen atoms in total. The summed E-state index contributed by atoms with van der Waals surface area (Å²) < 4.78 is 46.1. The third-order valence-corrected chi connectivity index (χ3v) is 3.79. The molecule has 0 bridgehead atoms. The van der Waals surface area contributed by atoms with Crippen LogP contribution in [0.1, 0.15) is 11.1 Å². The van der Waals surface area contributed by atoms with Gasteiger partial charge in [0.2, 0.25) is 0 Å². The molecule has 0 unspecified atom stereocenters. The Bertz CT molecular complexity index is 706. The molecule has 0 aromatic heterocycles. The predicted molar refractivity (Wildman–Crippen MR) is 77.0 cm³/mol. The van der Waals surface area contributed by atoms with Crippen molar-refractivity contribution in [1.29, 1.82) is 0 Å². The molecule has 2 aromatic carbocycles.